The van der Waals surface area contributed by atoms with E-state index in [1.165, 1.54) is 11.0 Å². The highest BCUT2D eigenvalue weighted by Crippen LogP contribution is 2.14. The van der Waals surface area contributed by atoms with Crippen LogP contribution in [-0.4, -0.2) is 60.2 Å². The molecular formula is C22H34N4O4. The van der Waals surface area contributed by atoms with E-state index < -0.39 is 29.9 Å². The Kier molecular flexibility index (Phi) is 10.6. The molecule has 1 heterocycles. The summed E-state index contributed by atoms with van der Waals surface area (Å²) in [7, 11) is 1.55. The number of rotatable bonds is 5. The number of carbonyl (C=O) groups is 4. The molecule has 0 aromatic heterocycles. The van der Waals surface area contributed by atoms with E-state index in [1.54, 1.807) is 32.2 Å². The molecule has 166 valence electrons. The minimum atomic E-state index is -0.797. The van der Waals surface area contributed by atoms with Gasteiger partial charge < -0.3 is 20.9 Å². The summed E-state index contributed by atoms with van der Waals surface area (Å²) in [5.41, 5.74) is 0. The summed E-state index contributed by atoms with van der Waals surface area (Å²) in [4.78, 5) is 51.7. The Morgan fingerprint density at radius 1 is 1.13 bits per heavy atom. The van der Waals surface area contributed by atoms with Crippen molar-refractivity contribution in [3.05, 3.63) is 36.5 Å². The number of allylic oxidation sites excluding steroid dienone is 5. The topological polar surface area (TPSA) is 108 Å². The van der Waals surface area contributed by atoms with Gasteiger partial charge in [0.15, 0.2) is 0 Å². The fourth-order valence-electron chi connectivity index (χ4n) is 3.20. The van der Waals surface area contributed by atoms with Gasteiger partial charge in [0, 0.05) is 19.7 Å². The minimum Gasteiger partial charge on any atom is -0.354 e. The van der Waals surface area contributed by atoms with Gasteiger partial charge in [-0.15, -0.1) is 0 Å². The van der Waals surface area contributed by atoms with Crippen LogP contribution in [0.2, 0.25) is 0 Å². The number of likely N-dealkylation sites (N-methyl/N-ethyl adjacent to an activating group) is 1. The standard InChI is InChI=1S/C22H34N4O4/c1-6-7-8-9-10-13-18(27)25-17-12-11-14-23-20(28)16(4)24-21(29)19(15(2)3)26(5)22(17)30/h6-10,13,15-17,19H,11-12,14H2,1-5H3,(H,23,28)(H,24,29)(H,25,27)/b7-6-,9-8+,13-10+/t16-,17?,19-/m0/s1. The average molecular weight is 419 g/mol. The second-order valence-corrected chi connectivity index (χ2v) is 7.63. The van der Waals surface area contributed by atoms with Crippen LogP contribution in [0.5, 0.6) is 0 Å². The van der Waals surface area contributed by atoms with E-state index >= 15 is 0 Å². The Balaban J connectivity index is 3.03. The lowest BCUT2D eigenvalue weighted by Crippen LogP contribution is -2.58. The molecule has 0 saturated carbocycles. The van der Waals surface area contributed by atoms with Crippen LogP contribution in [0.4, 0.5) is 0 Å². The van der Waals surface area contributed by atoms with Crippen LogP contribution in [0, 0.1) is 5.92 Å². The minimum absolute atomic E-state index is 0.176. The van der Waals surface area contributed by atoms with Crippen molar-refractivity contribution in [2.24, 2.45) is 5.92 Å². The molecule has 1 rings (SSSR count). The van der Waals surface area contributed by atoms with Gasteiger partial charge in [0.05, 0.1) is 0 Å². The van der Waals surface area contributed by atoms with Crippen LogP contribution in [0.1, 0.15) is 40.5 Å². The van der Waals surface area contributed by atoms with Crippen LogP contribution in [0.15, 0.2) is 36.5 Å². The predicted octanol–water partition coefficient (Wildman–Crippen LogP) is 1.06. The van der Waals surface area contributed by atoms with Gasteiger partial charge in [-0.2, -0.15) is 0 Å². The third-order valence-corrected chi connectivity index (χ3v) is 4.77. The molecule has 8 heteroatoms. The first kappa shape index (κ1) is 25.1. The molecule has 0 aromatic rings. The number of amides is 4. The zero-order valence-corrected chi connectivity index (χ0v) is 18.5. The highest BCUT2D eigenvalue weighted by molar-refractivity contribution is 5.96. The largest absolute Gasteiger partial charge is 0.354 e. The first-order valence-corrected chi connectivity index (χ1v) is 10.3. The van der Waals surface area contributed by atoms with Crippen LogP contribution in [-0.2, 0) is 19.2 Å². The fraction of sp³-hybridized carbons (Fsp3) is 0.545. The maximum Gasteiger partial charge on any atom is 0.245 e. The molecule has 0 aliphatic carbocycles. The normalized spacial score (nSPS) is 24.8. The van der Waals surface area contributed by atoms with Crippen molar-refractivity contribution in [3.8, 4) is 0 Å². The van der Waals surface area contributed by atoms with Crippen molar-refractivity contribution < 1.29 is 19.2 Å². The molecule has 0 spiro atoms. The van der Waals surface area contributed by atoms with Crippen LogP contribution >= 0.6 is 0 Å². The maximum atomic E-state index is 13.1. The van der Waals surface area contributed by atoms with Crippen molar-refractivity contribution in [1.29, 1.82) is 0 Å². The van der Waals surface area contributed by atoms with Gasteiger partial charge in [0.25, 0.3) is 0 Å². The Labute approximate surface area is 178 Å². The van der Waals surface area contributed by atoms with Crippen molar-refractivity contribution in [1.82, 2.24) is 20.9 Å². The second-order valence-electron chi connectivity index (χ2n) is 7.63. The van der Waals surface area contributed by atoms with E-state index in [0.717, 1.165) is 0 Å². The van der Waals surface area contributed by atoms with E-state index in [2.05, 4.69) is 16.0 Å². The molecule has 3 N–H and O–H groups in total. The Hall–Kier alpha value is -2.90. The summed E-state index contributed by atoms with van der Waals surface area (Å²) in [5.74, 6) is -1.60. The van der Waals surface area contributed by atoms with Crippen LogP contribution in [0.25, 0.3) is 0 Å². The van der Waals surface area contributed by atoms with Gasteiger partial charge in [0.1, 0.15) is 18.1 Å². The van der Waals surface area contributed by atoms with E-state index in [4.69, 9.17) is 0 Å². The zero-order chi connectivity index (χ0) is 22.7. The third kappa shape index (κ3) is 7.85. The number of hydrogen-bond donors (Lipinski definition) is 3. The summed E-state index contributed by atoms with van der Waals surface area (Å²) in [6.07, 6.45) is 11.0. The molecule has 30 heavy (non-hydrogen) atoms. The SMILES string of the molecule is C\C=C/C=C/C=C/C(=O)NC1CCCNC(=O)[C@H](C)NC(=O)[C@H](C(C)C)N(C)C1=O. The molecule has 1 fully saturated rings. The summed E-state index contributed by atoms with van der Waals surface area (Å²) < 4.78 is 0. The molecule has 4 amide bonds. The molecule has 1 unspecified atom stereocenters. The molecule has 0 aromatic carbocycles. The van der Waals surface area contributed by atoms with Gasteiger partial charge in [0.2, 0.25) is 23.6 Å². The fourth-order valence-corrected chi connectivity index (χ4v) is 3.20. The Morgan fingerprint density at radius 2 is 1.80 bits per heavy atom. The van der Waals surface area contributed by atoms with Crippen LogP contribution < -0.4 is 16.0 Å². The number of nitrogens with one attached hydrogen (secondary N) is 3. The number of nitrogens with zero attached hydrogens (tertiary/aromatic N) is 1. The first-order chi connectivity index (χ1) is 14.2. The van der Waals surface area contributed by atoms with E-state index in [1.807, 2.05) is 32.9 Å². The highest BCUT2D eigenvalue weighted by atomic mass is 16.2. The van der Waals surface area contributed by atoms with Crippen molar-refractivity contribution >= 4 is 23.6 Å². The van der Waals surface area contributed by atoms with E-state index in [0.29, 0.717) is 19.4 Å². The van der Waals surface area contributed by atoms with Crippen molar-refractivity contribution in [3.63, 3.8) is 0 Å². The van der Waals surface area contributed by atoms with Gasteiger partial charge in [-0.3, -0.25) is 19.2 Å². The van der Waals surface area contributed by atoms with Crippen molar-refractivity contribution in [2.75, 3.05) is 13.6 Å². The Morgan fingerprint density at radius 3 is 2.43 bits per heavy atom. The molecule has 1 aliphatic heterocycles. The lowest BCUT2D eigenvalue weighted by Gasteiger charge is -2.34. The molecule has 8 nitrogen and oxygen atoms in total. The van der Waals surface area contributed by atoms with E-state index in [-0.39, 0.29) is 17.7 Å². The summed E-state index contributed by atoms with van der Waals surface area (Å²) in [6.45, 7) is 7.51. The lowest BCUT2D eigenvalue weighted by atomic mass is 9.99. The predicted molar refractivity (Wildman–Crippen MR) is 116 cm³/mol. The molecule has 0 radical (unpaired) electrons. The quantitative estimate of drug-likeness (QED) is 0.458. The highest BCUT2D eigenvalue weighted by Gasteiger charge is 2.35. The average Bonchev–Trinajstić information content (AvgIpc) is 2.68. The summed E-state index contributed by atoms with van der Waals surface area (Å²) in [6, 6.07) is -2.25. The second kappa shape index (κ2) is 12.6. The summed E-state index contributed by atoms with van der Waals surface area (Å²) >= 11 is 0. The zero-order valence-electron chi connectivity index (χ0n) is 18.5. The number of carbonyl (C=O) groups excluding carboxylic acids is 4. The molecule has 1 aliphatic rings. The van der Waals surface area contributed by atoms with Gasteiger partial charge in [-0.05, 0) is 32.6 Å². The Bertz CT molecular complexity index is 712. The van der Waals surface area contributed by atoms with Crippen LogP contribution in [0.3, 0.4) is 0 Å². The van der Waals surface area contributed by atoms with Crippen molar-refractivity contribution in [2.45, 2.75) is 58.7 Å². The molecular weight excluding hydrogens is 384 g/mol. The first-order valence-electron chi connectivity index (χ1n) is 10.3. The third-order valence-electron chi connectivity index (χ3n) is 4.77. The molecule has 1 saturated heterocycles. The van der Waals surface area contributed by atoms with Gasteiger partial charge >= 0.3 is 0 Å². The molecule has 3 atom stereocenters. The maximum absolute atomic E-state index is 13.1. The lowest BCUT2D eigenvalue weighted by molar-refractivity contribution is -0.144. The van der Waals surface area contributed by atoms with Gasteiger partial charge in [-0.25, -0.2) is 0 Å². The summed E-state index contributed by atoms with van der Waals surface area (Å²) in [5, 5.41) is 8.14. The smallest absolute Gasteiger partial charge is 0.245 e. The monoisotopic (exact) mass is 418 g/mol. The molecule has 0 bridgehead atoms. The van der Waals surface area contributed by atoms with Gasteiger partial charge in [-0.1, -0.05) is 44.2 Å². The van der Waals surface area contributed by atoms with E-state index in [9.17, 15) is 19.2 Å². The number of hydrogen-bond acceptors (Lipinski definition) is 4.